The highest BCUT2D eigenvalue weighted by atomic mass is 79.9. The predicted octanol–water partition coefficient (Wildman–Crippen LogP) is 3.36. The van der Waals surface area contributed by atoms with E-state index in [9.17, 15) is 10.1 Å². The number of hydrogen-bond donors (Lipinski definition) is 0. The maximum absolute atomic E-state index is 10.7. The molecule has 0 aliphatic heterocycles. The van der Waals surface area contributed by atoms with Crippen molar-refractivity contribution in [3.63, 3.8) is 0 Å². The molecule has 2 rings (SSSR count). The Kier molecular flexibility index (Phi) is 3.58. The number of halogens is 2. The quantitative estimate of drug-likeness (QED) is 0.622. The van der Waals surface area contributed by atoms with Gasteiger partial charge < -0.3 is 10.1 Å². The van der Waals surface area contributed by atoms with Gasteiger partial charge in [-0.05, 0) is 31.4 Å². The van der Waals surface area contributed by atoms with Crippen LogP contribution in [0.5, 0.6) is 0 Å². The molecule has 0 saturated carbocycles. The topological polar surface area (TPSA) is 61.0 Å². The lowest BCUT2D eigenvalue weighted by Gasteiger charge is -2.03. The summed E-state index contributed by atoms with van der Waals surface area (Å²) in [6, 6.07) is 9.66. The van der Waals surface area contributed by atoms with Gasteiger partial charge in [0.25, 0.3) is 4.73 Å². The monoisotopic (exact) mass is 359 g/mol. The van der Waals surface area contributed by atoms with E-state index < -0.39 is 4.92 Å². The highest BCUT2D eigenvalue weighted by Gasteiger charge is 2.24. The molecule has 0 aliphatic rings. The molecular weight excluding hydrogens is 354 g/mol. The van der Waals surface area contributed by atoms with E-state index >= 15 is 0 Å². The van der Waals surface area contributed by atoms with Gasteiger partial charge >= 0.3 is 5.82 Å². The first-order valence-corrected chi connectivity index (χ1v) is 6.28. The molecule has 7 heteroatoms. The van der Waals surface area contributed by atoms with Gasteiger partial charge in [0.1, 0.15) is 0 Å². The highest BCUT2D eigenvalue weighted by Crippen LogP contribution is 2.28. The minimum Gasteiger partial charge on any atom is -0.358 e. The van der Waals surface area contributed by atoms with Crippen LogP contribution in [0, 0.1) is 10.1 Å². The van der Waals surface area contributed by atoms with Crippen molar-refractivity contribution >= 4 is 37.7 Å². The fourth-order valence-corrected chi connectivity index (χ4v) is 2.65. The number of hydrogen-bond acceptors (Lipinski definition) is 3. The average Bonchev–Trinajstić information content (AvgIpc) is 2.58. The van der Waals surface area contributed by atoms with Gasteiger partial charge in [-0.2, -0.15) is 0 Å². The van der Waals surface area contributed by atoms with Gasteiger partial charge in [0.05, 0.1) is 6.54 Å². The van der Waals surface area contributed by atoms with Crippen molar-refractivity contribution in [2.75, 3.05) is 0 Å². The predicted molar refractivity (Wildman–Crippen MR) is 69.8 cm³/mol. The molecule has 0 amide bonds. The van der Waals surface area contributed by atoms with E-state index in [1.807, 2.05) is 30.3 Å². The van der Waals surface area contributed by atoms with E-state index in [-0.39, 0.29) is 5.82 Å². The minimum atomic E-state index is -0.518. The molecule has 88 valence electrons. The highest BCUT2D eigenvalue weighted by molar-refractivity contribution is 9.11. The Morgan fingerprint density at radius 2 is 1.94 bits per heavy atom. The normalized spacial score (nSPS) is 10.5. The van der Waals surface area contributed by atoms with Gasteiger partial charge in [-0.25, -0.2) is 0 Å². The molecule has 0 spiro atoms. The Balaban J connectivity index is 2.37. The van der Waals surface area contributed by atoms with Gasteiger partial charge in [0.2, 0.25) is 0 Å². The van der Waals surface area contributed by atoms with Crippen molar-refractivity contribution in [3.05, 3.63) is 55.3 Å². The molecule has 0 unspecified atom stereocenters. The van der Waals surface area contributed by atoms with Crippen LogP contribution in [0.1, 0.15) is 5.56 Å². The van der Waals surface area contributed by atoms with E-state index in [0.29, 0.717) is 15.9 Å². The zero-order valence-corrected chi connectivity index (χ0v) is 11.7. The molecule has 0 saturated heterocycles. The van der Waals surface area contributed by atoms with Crippen LogP contribution in [0.25, 0.3) is 0 Å². The first kappa shape index (κ1) is 12.3. The van der Waals surface area contributed by atoms with Gasteiger partial charge in [-0.3, -0.25) is 4.57 Å². The summed E-state index contributed by atoms with van der Waals surface area (Å²) in [5, 5.41) is 10.7. The number of rotatable bonds is 3. The lowest BCUT2D eigenvalue weighted by Crippen LogP contribution is -2.00. The molecule has 1 aromatic heterocycles. The van der Waals surface area contributed by atoms with E-state index in [1.54, 1.807) is 4.57 Å². The van der Waals surface area contributed by atoms with E-state index in [0.717, 1.165) is 5.56 Å². The van der Waals surface area contributed by atoms with Crippen LogP contribution in [0.4, 0.5) is 5.82 Å². The number of aromatic nitrogens is 2. The van der Waals surface area contributed by atoms with Crippen LogP contribution in [-0.4, -0.2) is 14.5 Å². The summed E-state index contributed by atoms with van der Waals surface area (Å²) in [6.45, 7) is 0.517. The number of nitrogens with zero attached hydrogens (tertiary/aromatic N) is 3. The van der Waals surface area contributed by atoms with Gasteiger partial charge in [0.15, 0.2) is 4.60 Å². The van der Waals surface area contributed by atoms with Gasteiger partial charge in [-0.15, -0.1) is 0 Å². The molecule has 0 radical (unpaired) electrons. The molecule has 0 N–H and O–H groups in total. The summed E-state index contributed by atoms with van der Waals surface area (Å²) < 4.78 is 2.48. The third-order valence-electron chi connectivity index (χ3n) is 2.20. The molecule has 0 atom stereocenters. The summed E-state index contributed by atoms with van der Waals surface area (Å²) in [6.07, 6.45) is 0. The molecule has 5 nitrogen and oxygen atoms in total. The Morgan fingerprint density at radius 1 is 1.29 bits per heavy atom. The van der Waals surface area contributed by atoms with Crippen molar-refractivity contribution in [2.24, 2.45) is 0 Å². The van der Waals surface area contributed by atoms with Crippen molar-refractivity contribution in [1.82, 2.24) is 9.55 Å². The summed E-state index contributed by atoms with van der Waals surface area (Å²) >= 11 is 6.40. The van der Waals surface area contributed by atoms with E-state index in [1.165, 1.54) is 0 Å². The fraction of sp³-hybridized carbons (Fsp3) is 0.100. The summed E-state index contributed by atoms with van der Waals surface area (Å²) in [4.78, 5) is 14.0. The molecule has 1 heterocycles. The second kappa shape index (κ2) is 4.97. The van der Waals surface area contributed by atoms with Crippen molar-refractivity contribution in [3.8, 4) is 0 Å². The number of imidazole rings is 1. The second-order valence-corrected chi connectivity index (χ2v) is 4.78. The molecule has 2 aromatic rings. The van der Waals surface area contributed by atoms with E-state index in [4.69, 9.17) is 0 Å². The van der Waals surface area contributed by atoms with Crippen molar-refractivity contribution < 1.29 is 4.92 Å². The zero-order valence-electron chi connectivity index (χ0n) is 8.51. The zero-order chi connectivity index (χ0) is 12.4. The first-order valence-electron chi connectivity index (χ1n) is 4.69. The van der Waals surface area contributed by atoms with Crippen LogP contribution in [0.15, 0.2) is 39.7 Å². The standard InChI is InChI=1S/C10H7Br2N3O2/c11-8-9(15(16)17)13-10(12)14(8)6-7-4-2-1-3-5-7/h1-5H,6H2. The van der Waals surface area contributed by atoms with Gasteiger partial charge in [0, 0.05) is 15.9 Å². The number of nitro groups is 1. The summed E-state index contributed by atoms with van der Waals surface area (Å²) in [5.41, 5.74) is 1.04. The molecule has 1 aromatic carbocycles. The molecular formula is C10H7Br2N3O2. The largest absolute Gasteiger partial charge is 0.397 e. The third-order valence-corrected chi connectivity index (χ3v) is 3.59. The molecule has 0 fully saturated rings. The second-order valence-electron chi connectivity index (χ2n) is 3.32. The van der Waals surface area contributed by atoms with Crippen molar-refractivity contribution in [1.29, 1.82) is 0 Å². The van der Waals surface area contributed by atoms with Gasteiger partial charge in [-0.1, -0.05) is 30.3 Å². The summed E-state index contributed by atoms with van der Waals surface area (Å²) in [7, 11) is 0. The maximum Gasteiger partial charge on any atom is 0.397 e. The summed E-state index contributed by atoms with van der Waals surface area (Å²) in [5.74, 6) is -0.187. The first-order chi connectivity index (χ1) is 8.09. The van der Waals surface area contributed by atoms with Crippen LogP contribution in [-0.2, 0) is 6.54 Å². The smallest absolute Gasteiger partial charge is 0.358 e. The molecule has 17 heavy (non-hydrogen) atoms. The third kappa shape index (κ3) is 2.55. The SMILES string of the molecule is O=[N+]([O-])c1nc(Br)n(Cc2ccccc2)c1Br. The van der Waals surface area contributed by atoms with E-state index in [2.05, 4.69) is 36.8 Å². The lowest BCUT2D eigenvalue weighted by molar-refractivity contribution is -0.390. The fourth-order valence-electron chi connectivity index (χ4n) is 1.41. The minimum absolute atomic E-state index is 0.187. The Bertz CT molecular complexity index is 554. The van der Waals surface area contributed by atoms with Crippen LogP contribution >= 0.6 is 31.9 Å². The van der Waals surface area contributed by atoms with Crippen LogP contribution in [0.3, 0.4) is 0 Å². The Labute approximate surface area is 114 Å². The Hall–Kier alpha value is -1.21. The average molecular weight is 361 g/mol. The maximum atomic E-state index is 10.7. The van der Waals surface area contributed by atoms with Crippen molar-refractivity contribution in [2.45, 2.75) is 6.54 Å². The van der Waals surface area contributed by atoms with Crippen LogP contribution < -0.4 is 0 Å². The lowest BCUT2D eigenvalue weighted by atomic mass is 10.2. The molecule has 0 aliphatic carbocycles. The number of benzene rings is 1. The van der Waals surface area contributed by atoms with Crippen LogP contribution in [0.2, 0.25) is 0 Å². The Morgan fingerprint density at radius 3 is 2.47 bits per heavy atom. The molecule has 0 bridgehead atoms.